The van der Waals surface area contributed by atoms with Crippen LogP contribution in [0.4, 0.5) is 17.1 Å². The van der Waals surface area contributed by atoms with Crippen molar-refractivity contribution in [3.8, 4) is 77.9 Å². The van der Waals surface area contributed by atoms with Crippen LogP contribution in [0.5, 0.6) is 0 Å². The van der Waals surface area contributed by atoms with Crippen molar-refractivity contribution in [2.75, 3.05) is 4.90 Å². The van der Waals surface area contributed by atoms with Gasteiger partial charge in [-0.25, -0.2) is 0 Å². The highest BCUT2D eigenvalue weighted by Gasteiger charge is 2.42. The molecule has 2 aliphatic rings. The Morgan fingerprint density at radius 3 is 1.09 bits per heavy atom. The fourth-order valence-corrected chi connectivity index (χ4v) is 11.0. The summed E-state index contributed by atoms with van der Waals surface area (Å²) in [6.07, 6.45) is 0. The molecule has 0 heterocycles. The molecule has 10 aromatic rings. The Kier molecular flexibility index (Phi) is 9.59. The van der Waals surface area contributed by atoms with E-state index in [0.29, 0.717) is 0 Å². The molecule has 0 N–H and O–H groups in total. The maximum absolute atomic E-state index is 2.54. The maximum Gasteiger partial charge on any atom is 0.0462 e. The third-order valence-corrected chi connectivity index (χ3v) is 14.7. The monoisotopic (exact) mass is 857 g/mol. The van der Waals surface area contributed by atoms with Crippen LogP contribution < -0.4 is 4.90 Å². The molecule has 0 aliphatic heterocycles. The Labute approximate surface area is 395 Å². The van der Waals surface area contributed by atoms with Gasteiger partial charge in [0, 0.05) is 27.9 Å². The molecule has 0 unspecified atom stereocenters. The normalized spacial score (nSPS) is 13.6. The third kappa shape index (κ3) is 6.85. The average molecular weight is 858 g/mol. The van der Waals surface area contributed by atoms with Crippen molar-refractivity contribution in [1.82, 2.24) is 0 Å². The molecule has 67 heavy (non-hydrogen) atoms. The summed E-state index contributed by atoms with van der Waals surface area (Å²) in [4.78, 5) is 2.37. The lowest BCUT2D eigenvalue weighted by Crippen LogP contribution is -2.17. The topological polar surface area (TPSA) is 3.24 Å². The first-order chi connectivity index (χ1) is 32.7. The lowest BCUT2D eigenvalue weighted by molar-refractivity contribution is 0.652. The summed E-state index contributed by atoms with van der Waals surface area (Å²) < 4.78 is 0. The van der Waals surface area contributed by atoms with E-state index in [-0.39, 0.29) is 10.8 Å². The van der Waals surface area contributed by atoms with E-state index in [4.69, 9.17) is 0 Å². The predicted octanol–water partition coefficient (Wildman–Crippen LogP) is 18.1. The van der Waals surface area contributed by atoms with Gasteiger partial charge in [-0.2, -0.15) is 0 Å². The lowest BCUT2D eigenvalue weighted by atomic mass is 9.79. The highest BCUT2D eigenvalue weighted by Crippen LogP contribution is 2.58. The van der Waals surface area contributed by atoms with Crippen LogP contribution in [0.15, 0.2) is 237 Å². The standard InChI is InChI=1S/C66H51N/c1-65(2)60-22-14-21-56(51-19-12-7-13-20-51)64(60)59-43-62-58(42-63(59)65)57-40-33-52(41-61(57)66(62,3)4)50-31-38-55(39-32-50)67(53-34-27-48(28-35-53)45-17-10-6-11-18-45)54-36-29-49(30-37-54)47-25-23-46(24-26-47)44-15-8-5-9-16-44/h5-43H,1-4H3. The molecule has 0 saturated carbocycles. The quantitative estimate of drug-likeness (QED) is 0.147. The van der Waals surface area contributed by atoms with Crippen molar-refractivity contribution in [3.63, 3.8) is 0 Å². The third-order valence-electron chi connectivity index (χ3n) is 14.7. The van der Waals surface area contributed by atoms with Crippen LogP contribution in [0.2, 0.25) is 0 Å². The largest absolute Gasteiger partial charge is 0.311 e. The Hall–Kier alpha value is -8.00. The van der Waals surface area contributed by atoms with Crippen molar-refractivity contribution in [2.45, 2.75) is 38.5 Å². The number of hydrogen-bond acceptors (Lipinski definition) is 1. The predicted molar refractivity (Wildman–Crippen MR) is 283 cm³/mol. The molecule has 320 valence electrons. The smallest absolute Gasteiger partial charge is 0.0462 e. The van der Waals surface area contributed by atoms with Gasteiger partial charge in [0.15, 0.2) is 0 Å². The van der Waals surface area contributed by atoms with E-state index in [1.54, 1.807) is 0 Å². The van der Waals surface area contributed by atoms with E-state index in [2.05, 4.69) is 269 Å². The Bertz CT molecular complexity index is 3440. The molecule has 0 fully saturated rings. The fraction of sp³-hybridized carbons (Fsp3) is 0.0909. The molecule has 1 nitrogen and oxygen atoms in total. The van der Waals surface area contributed by atoms with E-state index in [0.717, 1.165) is 17.1 Å². The molecule has 0 aromatic heterocycles. The average Bonchev–Trinajstić information content (AvgIpc) is 3.75. The van der Waals surface area contributed by atoms with E-state index in [1.165, 1.54) is 100 Å². The van der Waals surface area contributed by atoms with Gasteiger partial charge in [-0.15, -0.1) is 0 Å². The summed E-state index contributed by atoms with van der Waals surface area (Å²) in [5, 5.41) is 0. The van der Waals surface area contributed by atoms with Gasteiger partial charge in [0.2, 0.25) is 0 Å². The van der Waals surface area contributed by atoms with Gasteiger partial charge in [-0.1, -0.05) is 210 Å². The highest BCUT2D eigenvalue weighted by atomic mass is 15.1. The first-order valence-corrected chi connectivity index (χ1v) is 23.6. The van der Waals surface area contributed by atoms with Crippen LogP contribution in [0, 0.1) is 0 Å². The minimum atomic E-state index is -0.164. The van der Waals surface area contributed by atoms with Crippen LogP contribution in [0.25, 0.3) is 77.9 Å². The minimum absolute atomic E-state index is 0.103. The van der Waals surface area contributed by atoms with E-state index in [9.17, 15) is 0 Å². The maximum atomic E-state index is 2.54. The molecule has 0 amide bonds. The molecule has 0 atom stereocenters. The highest BCUT2D eigenvalue weighted by molar-refractivity contribution is 5.96. The Balaban J connectivity index is 0.877. The zero-order chi connectivity index (χ0) is 45.3. The molecule has 1 heteroatoms. The van der Waals surface area contributed by atoms with Crippen molar-refractivity contribution in [1.29, 1.82) is 0 Å². The van der Waals surface area contributed by atoms with Crippen LogP contribution in [0.1, 0.15) is 49.9 Å². The second-order valence-electron chi connectivity index (χ2n) is 19.3. The van der Waals surface area contributed by atoms with Gasteiger partial charge in [-0.05, 0) is 155 Å². The van der Waals surface area contributed by atoms with Crippen molar-refractivity contribution in [3.05, 3.63) is 259 Å². The molecule has 12 rings (SSSR count). The zero-order valence-electron chi connectivity index (χ0n) is 38.5. The zero-order valence-corrected chi connectivity index (χ0v) is 38.5. The van der Waals surface area contributed by atoms with Gasteiger partial charge in [-0.3, -0.25) is 0 Å². The number of fused-ring (bicyclic) bond motifs is 6. The van der Waals surface area contributed by atoms with Crippen molar-refractivity contribution >= 4 is 17.1 Å². The minimum Gasteiger partial charge on any atom is -0.311 e. The summed E-state index contributed by atoms with van der Waals surface area (Å²) in [7, 11) is 0. The van der Waals surface area contributed by atoms with Crippen molar-refractivity contribution in [2.24, 2.45) is 0 Å². The van der Waals surface area contributed by atoms with Crippen molar-refractivity contribution < 1.29 is 0 Å². The summed E-state index contributed by atoms with van der Waals surface area (Å²) in [6, 6.07) is 87.1. The van der Waals surface area contributed by atoms with Gasteiger partial charge in [0.25, 0.3) is 0 Å². The van der Waals surface area contributed by atoms with E-state index >= 15 is 0 Å². The number of benzene rings is 10. The number of nitrogens with zero attached hydrogens (tertiary/aromatic N) is 1. The molecule has 0 saturated heterocycles. The van der Waals surface area contributed by atoms with E-state index in [1.807, 2.05) is 0 Å². The molecule has 0 radical (unpaired) electrons. The number of hydrogen-bond donors (Lipinski definition) is 0. The summed E-state index contributed by atoms with van der Waals surface area (Å²) >= 11 is 0. The molecular formula is C66H51N. The summed E-state index contributed by atoms with van der Waals surface area (Å²) in [5.41, 5.74) is 26.4. The van der Waals surface area contributed by atoms with Gasteiger partial charge in [0.05, 0.1) is 0 Å². The summed E-state index contributed by atoms with van der Waals surface area (Å²) in [5.74, 6) is 0. The van der Waals surface area contributed by atoms with E-state index < -0.39 is 0 Å². The Morgan fingerprint density at radius 2 is 0.597 bits per heavy atom. The fourth-order valence-electron chi connectivity index (χ4n) is 11.0. The number of anilines is 3. The lowest BCUT2D eigenvalue weighted by Gasteiger charge is -2.26. The van der Waals surface area contributed by atoms with Gasteiger partial charge in [0.1, 0.15) is 0 Å². The Morgan fingerprint density at radius 1 is 0.239 bits per heavy atom. The van der Waals surface area contributed by atoms with Crippen LogP contribution in [-0.2, 0) is 10.8 Å². The van der Waals surface area contributed by atoms with Gasteiger partial charge >= 0.3 is 0 Å². The molecular weight excluding hydrogens is 807 g/mol. The van der Waals surface area contributed by atoms with Crippen LogP contribution in [-0.4, -0.2) is 0 Å². The number of rotatable bonds is 8. The van der Waals surface area contributed by atoms with Gasteiger partial charge < -0.3 is 4.90 Å². The SMILES string of the molecule is CC1(C)c2cc(-c3ccc(N(c4ccc(-c5ccccc5)cc4)c4ccc(-c5ccc(-c6ccccc6)cc5)cc4)cc3)ccc2-c2cc3c(cc21)-c1c(-c2ccccc2)cccc1C3(C)C. The second-order valence-corrected chi connectivity index (χ2v) is 19.3. The molecule has 2 aliphatic carbocycles. The first-order valence-electron chi connectivity index (χ1n) is 23.6. The molecule has 0 bridgehead atoms. The second kappa shape index (κ2) is 15.9. The van der Waals surface area contributed by atoms with Crippen LogP contribution >= 0.6 is 0 Å². The molecule has 0 spiro atoms. The molecule has 10 aromatic carbocycles. The first kappa shape index (κ1) is 40.5. The summed E-state index contributed by atoms with van der Waals surface area (Å²) in [6.45, 7) is 9.61. The van der Waals surface area contributed by atoms with Crippen LogP contribution in [0.3, 0.4) is 0 Å².